The van der Waals surface area contributed by atoms with Gasteiger partial charge in [-0.2, -0.15) is 0 Å². The van der Waals surface area contributed by atoms with E-state index in [-0.39, 0.29) is 6.54 Å². The number of carboxylic acid groups (broad SMARTS) is 1. The quantitative estimate of drug-likeness (QED) is 0.743. The van der Waals surface area contributed by atoms with Crippen molar-refractivity contribution in [3.05, 3.63) is 34.3 Å². The molecule has 1 rings (SSSR count). The number of carboxylic acids is 1. The summed E-state index contributed by atoms with van der Waals surface area (Å²) < 4.78 is 0.845. The summed E-state index contributed by atoms with van der Waals surface area (Å²) in [6, 6.07) is 5.65. The number of amides is 2. The average molecular weight is 329 g/mol. The van der Waals surface area contributed by atoms with Gasteiger partial charge in [0.25, 0.3) is 5.91 Å². The number of nitrogens with one attached hydrogen (secondary N) is 2. The van der Waals surface area contributed by atoms with Gasteiger partial charge in [-0.25, -0.2) is 0 Å². The minimum Gasteiger partial charge on any atom is -0.480 e. The van der Waals surface area contributed by atoms with Crippen molar-refractivity contribution in [2.75, 3.05) is 6.54 Å². The molecule has 19 heavy (non-hydrogen) atoms. The van der Waals surface area contributed by atoms with Crippen LogP contribution in [0.1, 0.15) is 17.3 Å². The molecular weight excluding hydrogens is 316 g/mol. The Balaban J connectivity index is 2.44. The summed E-state index contributed by atoms with van der Waals surface area (Å²) in [6.45, 7) is 1.07. The third-order valence-corrected chi connectivity index (χ3v) is 2.79. The highest BCUT2D eigenvalue weighted by atomic mass is 79.9. The van der Waals surface area contributed by atoms with E-state index in [4.69, 9.17) is 5.11 Å². The maximum absolute atomic E-state index is 11.7. The first-order chi connectivity index (χ1) is 8.90. The fourth-order valence-corrected chi connectivity index (χ4v) is 1.48. The van der Waals surface area contributed by atoms with Crippen molar-refractivity contribution in [3.63, 3.8) is 0 Å². The van der Waals surface area contributed by atoms with E-state index in [2.05, 4.69) is 26.6 Å². The first-order valence-corrected chi connectivity index (χ1v) is 6.25. The number of hydrogen-bond donors (Lipinski definition) is 3. The van der Waals surface area contributed by atoms with Crippen LogP contribution < -0.4 is 10.6 Å². The molecule has 0 aromatic heterocycles. The molecule has 0 fully saturated rings. The minimum absolute atomic E-state index is 0.271. The summed E-state index contributed by atoms with van der Waals surface area (Å²) in [5.41, 5.74) is 0.419. The number of halogens is 1. The summed E-state index contributed by atoms with van der Waals surface area (Å²) in [5.74, 6) is -2.08. The van der Waals surface area contributed by atoms with Crippen LogP contribution in [0.3, 0.4) is 0 Å². The van der Waals surface area contributed by atoms with Gasteiger partial charge in [0.15, 0.2) is 0 Å². The molecule has 6 nitrogen and oxygen atoms in total. The number of aliphatic carboxylic acids is 1. The van der Waals surface area contributed by atoms with Crippen LogP contribution >= 0.6 is 15.9 Å². The monoisotopic (exact) mass is 328 g/mol. The summed E-state index contributed by atoms with van der Waals surface area (Å²) in [5, 5.41) is 13.2. The Morgan fingerprint density at radius 2 is 1.84 bits per heavy atom. The third kappa shape index (κ3) is 5.09. The number of hydrogen-bond acceptors (Lipinski definition) is 3. The molecule has 1 aromatic carbocycles. The zero-order valence-corrected chi connectivity index (χ0v) is 11.7. The maximum atomic E-state index is 11.7. The second-order valence-corrected chi connectivity index (χ2v) is 4.73. The van der Waals surface area contributed by atoms with Crippen LogP contribution in [-0.4, -0.2) is 35.5 Å². The van der Waals surface area contributed by atoms with Gasteiger partial charge in [0.2, 0.25) is 5.91 Å². The second-order valence-electron chi connectivity index (χ2n) is 3.82. The highest BCUT2D eigenvalue weighted by Gasteiger charge is 2.14. The van der Waals surface area contributed by atoms with Crippen LogP contribution in [0.15, 0.2) is 28.7 Å². The molecule has 0 saturated heterocycles. The Morgan fingerprint density at radius 1 is 1.26 bits per heavy atom. The summed E-state index contributed by atoms with van der Waals surface area (Å²) in [7, 11) is 0. The lowest BCUT2D eigenvalue weighted by atomic mass is 10.2. The van der Waals surface area contributed by atoms with Crippen molar-refractivity contribution >= 4 is 33.7 Å². The lowest BCUT2D eigenvalue weighted by molar-refractivity contribution is -0.141. The van der Waals surface area contributed by atoms with E-state index in [9.17, 15) is 14.4 Å². The van der Waals surface area contributed by atoms with Gasteiger partial charge in [-0.3, -0.25) is 14.4 Å². The van der Waals surface area contributed by atoms with Crippen molar-refractivity contribution in [2.45, 2.75) is 13.0 Å². The van der Waals surface area contributed by atoms with E-state index >= 15 is 0 Å². The largest absolute Gasteiger partial charge is 0.480 e. The van der Waals surface area contributed by atoms with E-state index in [0.717, 1.165) is 4.47 Å². The first kappa shape index (κ1) is 15.2. The van der Waals surface area contributed by atoms with Gasteiger partial charge in [-0.05, 0) is 31.2 Å². The lowest BCUT2D eigenvalue weighted by Crippen LogP contribution is -2.43. The number of carbonyl (C=O) groups excluding carboxylic acids is 2. The standard InChI is InChI=1S/C12H13BrN2O4/c1-7(12(18)19)15-10(16)6-14-11(17)8-2-4-9(13)5-3-8/h2-5,7H,6H2,1H3,(H,14,17)(H,15,16)(H,18,19)/t7-/m1/s1. The highest BCUT2D eigenvalue weighted by molar-refractivity contribution is 9.10. The van der Waals surface area contributed by atoms with Crippen LogP contribution in [0.4, 0.5) is 0 Å². The molecule has 3 N–H and O–H groups in total. The Labute approximate surface area is 118 Å². The highest BCUT2D eigenvalue weighted by Crippen LogP contribution is 2.10. The van der Waals surface area contributed by atoms with Crippen molar-refractivity contribution in [3.8, 4) is 0 Å². The number of carbonyl (C=O) groups is 3. The predicted molar refractivity (Wildman–Crippen MR) is 71.7 cm³/mol. The van der Waals surface area contributed by atoms with Crippen molar-refractivity contribution in [1.29, 1.82) is 0 Å². The van der Waals surface area contributed by atoms with Gasteiger partial charge in [0.05, 0.1) is 6.54 Å². The molecule has 1 aromatic rings. The SMILES string of the molecule is C[C@@H](NC(=O)CNC(=O)c1ccc(Br)cc1)C(=O)O. The molecule has 0 aliphatic rings. The van der Waals surface area contributed by atoms with E-state index in [1.165, 1.54) is 6.92 Å². The maximum Gasteiger partial charge on any atom is 0.325 e. The molecule has 0 heterocycles. The Bertz CT molecular complexity index is 487. The smallest absolute Gasteiger partial charge is 0.325 e. The van der Waals surface area contributed by atoms with Crippen LogP contribution in [0, 0.1) is 0 Å². The molecule has 7 heteroatoms. The van der Waals surface area contributed by atoms with E-state index in [1.807, 2.05) is 0 Å². The van der Waals surface area contributed by atoms with E-state index in [0.29, 0.717) is 5.56 Å². The lowest BCUT2D eigenvalue weighted by Gasteiger charge is -2.10. The summed E-state index contributed by atoms with van der Waals surface area (Å²) >= 11 is 3.25. The molecule has 2 amide bonds. The fourth-order valence-electron chi connectivity index (χ4n) is 1.22. The zero-order chi connectivity index (χ0) is 14.4. The first-order valence-electron chi connectivity index (χ1n) is 5.46. The van der Waals surface area contributed by atoms with Crippen LogP contribution in [-0.2, 0) is 9.59 Å². The Hall–Kier alpha value is -1.89. The number of rotatable bonds is 5. The van der Waals surface area contributed by atoms with E-state index < -0.39 is 23.8 Å². The predicted octanol–water partition coefficient (Wildman–Crippen LogP) is 0.768. The molecule has 1 atom stereocenters. The molecule has 0 aliphatic carbocycles. The molecule has 0 radical (unpaired) electrons. The minimum atomic E-state index is -1.13. The zero-order valence-electron chi connectivity index (χ0n) is 10.1. The molecule has 102 valence electrons. The molecule has 0 saturated carbocycles. The fraction of sp³-hybridized carbons (Fsp3) is 0.250. The second kappa shape index (κ2) is 6.89. The van der Waals surface area contributed by atoms with Gasteiger partial charge in [-0.1, -0.05) is 15.9 Å². The normalized spacial score (nSPS) is 11.5. The van der Waals surface area contributed by atoms with Crippen LogP contribution in [0.5, 0.6) is 0 Å². The van der Waals surface area contributed by atoms with Crippen LogP contribution in [0.2, 0.25) is 0 Å². The summed E-state index contributed by atoms with van der Waals surface area (Å²) in [4.78, 5) is 33.5. The van der Waals surface area contributed by atoms with Crippen molar-refractivity contribution in [2.24, 2.45) is 0 Å². The topological polar surface area (TPSA) is 95.5 Å². The Kier molecular flexibility index (Phi) is 5.50. The molecule has 0 spiro atoms. The average Bonchev–Trinajstić information content (AvgIpc) is 2.36. The van der Waals surface area contributed by atoms with Gasteiger partial charge in [0, 0.05) is 10.0 Å². The molecular formula is C12H13BrN2O4. The number of benzene rings is 1. The van der Waals surface area contributed by atoms with Gasteiger partial charge in [-0.15, -0.1) is 0 Å². The third-order valence-electron chi connectivity index (χ3n) is 2.26. The van der Waals surface area contributed by atoms with E-state index in [1.54, 1.807) is 24.3 Å². The van der Waals surface area contributed by atoms with Gasteiger partial charge >= 0.3 is 5.97 Å². The molecule has 0 aliphatic heterocycles. The Morgan fingerprint density at radius 3 is 2.37 bits per heavy atom. The van der Waals surface area contributed by atoms with Crippen molar-refractivity contribution in [1.82, 2.24) is 10.6 Å². The van der Waals surface area contributed by atoms with Crippen LogP contribution in [0.25, 0.3) is 0 Å². The van der Waals surface area contributed by atoms with Crippen molar-refractivity contribution < 1.29 is 19.5 Å². The summed E-state index contributed by atoms with van der Waals surface area (Å²) in [6.07, 6.45) is 0. The van der Waals surface area contributed by atoms with Gasteiger partial charge < -0.3 is 15.7 Å². The molecule has 0 bridgehead atoms. The van der Waals surface area contributed by atoms with Gasteiger partial charge in [0.1, 0.15) is 6.04 Å². The molecule has 0 unspecified atom stereocenters.